The molecule has 0 aromatic carbocycles. The molecule has 0 bridgehead atoms. The van der Waals surface area contributed by atoms with Crippen molar-refractivity contribution in [2.45, 2.75) is 38.4 Å². The van der Waals surface area contributed by atoms with E-state index < -0.39 is 0 Å². The van der Waals surface area contributed by atoms with E-state index in [1.807, 2.05) is 6.92 Å². The summed E-state index contributed by atoms with van der Waals surface area (Å²) in [6.07, 6.45) is 4.38. The largest absolute Gasteiger partial charge is 0.355 e. The molecule has 0 fully saturated rings. The summed E-state index contributed by atoms with van der Waals surface area (Å²) in [5.41, 5.74) is 6.69. The highest BCUT2D eigenvalue weighted by molar-refractivity contribution is 7.99. The van der Waals surface area contributed by atoms with E-state index in [0.717, 1.165) is 29.5 Å². The van der Waals surface area contributed by atoms with Gasteiger partial charge in [-0.3, -0.25) is 9.59 Å². The van der Waals surface area contributed by atoms with Crippen LogP contribution in [0.4, 0.5) is 0 Å². The molecule has 2 aromatic rings. The lowest BCUT2D eigenvalue weighted by Gasteiger charge is -2.10. The molecule has 3 rings (SSSR count). The molecule has 2 heterocycles. The Bertz CT molecular complexity index is 815. The summed E-state index contributed by atoms with van der Waals surface area (Å²) >= 11 is 3.10. The molecule has 1 amide bonds. The van der Waals surface area contributed by atoms with E-state index in [4.69, 9.17) is 5.73 Å². The number of H-pyrrole nitrogens is 1. The third kappa shape index (κ3) is 4.43. The maximum absolute atomic E-state index is 12.5. The number of thiophene rings is 1. The number of carbonyl (C=O) groups is 1. The Morgan fingerprint density at radius 2 is 2.24 bits per heavy atom. The van der Waals surface area contributed by atoms with Crippen LogP contribution in [0.15, 0.2) is 4.79 Å². The monoisotopic (exact) mass is 380 g/mol. The maximum atomic E-state index is 12.5. The van der Waals surface area contributed by atoms with E-state index in [0.29, 0.717) is 30.4 Å². The van der Waals surface area contributed by atoms with Crippen LogP contribution in [-0.2, 0) is 23.4 Å². The number of hydrogen-bond donors (Lipinski definition) is 3. The number of nitrogens with one attached hydrogen (secondary N) is 2. The summed E-state index contributed by atoms with van der Waals surface area (Å²) in [7, 11) is 0. The molecule has 6 nitrogen and oxygen atoms in total. The van der Waals surface area contributed by atoms with Crippen molar-refractivity contribution in [1.82, 2.24) is 15.3 Å². The Morgan fingerprint density at radius 1 is 1.44 bits per heavy atom. The van der Waals surface area contributed by atoms with Crippen LogP contribution >= 0.6 is 23.1 Å². The van der Waals surface area contributed by atoms with Crippen molar-refractivity contribution in [2.75, 3.05) is 18.8 Å². The highest BCUT2D eigenvalue weighted by Gasteiger charge is 2.19. The number of nitrogens with zero attached hydrogens (tertiary/aromatic N) is 1. The molecule has 0 saturated carbocycles. The lowest BCUT2D eigenvalue weighted by atomic mass is 9.97. The Kier molecular flexibility index (Phi) is 6.14. The molecule has 2 aromatic heterocycles. The van der Waals surface area contributed by atoms with Gasteiger partial charge in [-0.2, -0.15) is 0 Å². The Labute approximate surface area is 155 Å². The van der Waals surface area contributed by atoms with Crippen LogP contribution in [0, 0.1) is 5.92 Å². The smallest absolute Gasteiger partial charge is 0.259 e. The zero-order chi connectivity index (χ0) is 17.8. The second-order valence-corrected chi connectivity index (χ2v) is 8.61. The third-order valence-electron chi connectivity index (χ3n) is 4.40. The van der Waals surface area contributed by atoms with E-state index in [1.165, 1.54) is 28.6 Å². The zero-order valence-corrected chi connectivity index (χ0v) is 16.0. The Morgan fingerprint density at radius 3 is 3.04 bits per heavy atom. The maximum Gasteiger partial charge on any atom is 0.259 e. The summed E-state index contributed by atoms with van der Waals surface area (Å²) in [6, 6.07) is 0. The predicted octanol–water partition coefficient (Wildman–Crippen LogP) is 1.81. The van der Waals surface area contributed by atoms with E-state index in [9.17, 15) is 9.59 Å². The molecular weight excluding hydrogens is 356 g/mol. The van der Waals surface area contributed by atoms with Gasteiger partial charge in [0.15, 0.2) is 0 Å². The lowest BCUT2D eigenvalue weighted by Crippen LogP contribution is -2.32. The minimum absolute atomic E-state index is 0.0136. The topological polar surface area (TPSA) is 101 Å². The van der Waals surface area contributed by atoms with Crippen molar-refractivity contribution >= 4 is 39.2 Å². The van der Waals surface area contributed by atoms with E-state index in [2.05, 4.69) is 15.3 Å². The number of fused-ring (bicyclic) bond motifs is 3. The second kappa shape index (κ2) is 8.33. The van der Waals surface area contributed by atoms with Crippen molar-refractivity contribution in [3.63, 3.8) is 0 Å². The first-order valence-electron chi connectivity index (χ1n) is 8.66. The number of amides is 1. The number of aromatic amines is 1. The molecule has 0 saturated heterocycles. The average Bonchev–Trinajstić information content (AvgIpc) is 2.98. The Balaban J connectivity index is 1.61. The van der Waals surface area contributed by atoms with Crippen LogP contribution in [0.2, 0.25) is 0 Å². The van der Waals surface area contributed by atoms with Gasteiger partial charge >= 0.3 is 0 Å². The summed E-state index contributed by atoms with van der Waals surface area (Å²) in [6.45, 7) is 3.15. The van der Waals surface area contributed by atoms with Crippen molar-refractivity contribution in [3.05, 3.63) is 26.6 Å². The number of thioether (sulfide) groups is 1. The normalized spacial score (nSPS) is 15.1. The van der Waals surface area contributed by atoms with Crippen LogP contribution in [0.1, 0.15) is 36.0 Å². The Hall–Kier alpha value is -1.38. The second-order valence-electron chi connectivity index (χ2n) is 6.54. The SMILES string of the molecule is CC(CN)CNC(=O)CSCc1nc2sc3c(c2c(=O)[nH]1)CCCC3. The minimum Gasteiger partial charge on any atom is -0.355 e. The van der Waals surface area contributed by atoms with Gasteiger partial charge in [-0.05, 0) is 43.7 Å². The quantitative estimate of drug-likeness (QED) is 0.680. The fourth-order valence-corrected chi connectivity index (χ4v) is 4.94. The lowest BCUT2D eigenvalue weighted by molar-refractivity contribution is -0.118. The van der Waals surface area contributed by atoms with Crippen LogP contribution < -0.4 is 16.6 Å². The number of aryl methyl sites for hydroxylation is 2. The fourth-order valence-electron chi connectivity index (χ4n) is 2.94. The minimum atomic E-state index is -0.0405. The van der Waals surface area contributed by atoms with Gasteiger partial charge in [-0.25, -0.2) is 4.98 Å². The van der Waals surface area contributed by atoms with Crippen molar-refractivity contribution < 1.29 is 4.79 Å². The molecule has 25 heavy (non-hydrogen) atoms. The molecule has 1 atom stereocenters. The van der Waals surface area contributed by atoms with E-state index in [1.54, 1.807) is 11.3 Å². The van der Waals surface area contributed by atoms with Crippen molar-refractivity contribution in [1.29, 1.82) is 0 Å². The first kappa shape index (κ1) is 18.4. The predicted molar refractivity (Wildman–Crippen MR) is 104 cm³/mol. The van der Waals surface area contributed by atoms with Gasteiger partial charge in [-0.1, -0.05) is 6.92 Å². The van der Waals surface area contributed by atoms with Gasteiger partial charge in [0.1, 0.15) is 10.7 Å². The first-order chi connectivity index (χ1) is 12.1. The molecular formula is C17H24N4O2S2. The third-order valence-corrected chi connectivity index (χ3v) is 6.53. The van der Waals surface area contributed by atoms with Gasteiger partial charge in [-0.15, -0.1) is 23.1 Å². The van der Waals surface area contributed by atoms with Crippen LogP contribution in [0.25, 0.3) is 10.2 Å². The molecule has 136 valence electrons. The van der Waals surface area contributed by atoms with Gasteiger partial charge in [0.05, 0.1) is 16.9 Å². The molecule has 0 radical (unpaired) electrons. The molecule has 8 heteroatoms. The molecule has 1 aliphatic carbocycles. The average molecular weight is 381 g/mol. The molecule has 1 unspecified atom stereocenters. The van der Waals surface area contributed by atoms with Crippen LogP contribution in [0.3, 0.4) is 0 Å². The highest BCUT2D eigenvalue weighted by Crippen LogP contribution is 2.33. The first-order valence-corrected chi connectivity index (χ1v) is 10.6. The van der Waals surface area contributed by atoms with Crippen molar-refractivity contribution in [3.8, 4) is 0 Å². The number of carbonyl (C=O) groups excluding carboxylic acids is 1. The molecule has 4 N–H and O–H groups in total. The molecule has 1 aliphatic rings. The zero-order valence-electron chi connectivity index (χ0n) is 14.4. The standard InChI is InChI=1S/C17H24N4O2S2/c1-10(6-18)7-19-14(22)9-24-8-13-20-16(23)15-11-4-2-3-5-12(11)25-17(15)21-13/h10H,2-9,18H2,1H3,(H,19,22)(H,20,21,23). The van der Waals surface area contributed by atoms with E-state index >= 15 is 0 Å². The van der Waals surface area contributed by atoms with Gasteiger partial charge < -0.3 is 16.0 Å². The van der Waals surface area contributed by atoms with Crippen LogP contribution in [0.5, 0.6) is 0 Å². The summed E-state index contributed by atoms with van der Waals surface area (Å²) in [5.74, 6) is 1.77. The summed E-state index contributed by atoms with van der Waals surface area (Å²) < 4.78 is 0. The highest BCUT2D eigenvalue weighted by atomic mass is 32.2. The van der Waals surface area contributed by atoms with Gasteiger partial charge in [0, 0.05) is 11.4 Å². The molecule has 0 aliphatic heterocycles. The number of hydrogen-bond acceptors (Lipinski definition) is 6. The number of nitrogens with two attached hydrogens (primary N) is 1. The number of rotatable bonds is 7. The van der Waals surface area contributed by atoms with Gasteiger partial charge in [0.25, 0.3) is 5.56 Å². The van der Waals surface area contributed by atoms with Crippen molar-refractivity contribution in [2.24, 2.45) is 11.7 Å². The fraction of sp³-hybridized carbons (Fsp3) is 0.588. The van der Waals surface area contributed by atoms with Gasteiger partial charge in [0.2, 0.25) is 5.91 Å². The number of aromatic nitrogens is 2. The summed E-state index contributed by atoms with van der Waals surface area (Å²) in [5, 5.41) is 3.64. The van der Waals surface area contributed by atoms with E-state index in [-0.39, 0.29) is 17.4 Å². The molecule has 0 spiro atoms. The summed E-state index contributed by atoms with van der Waals surface area (Å²) in [4.78, 5) is 33.9. The van der Waals surface area contributed by atoms with Crippen LogP contribution in [-0.4, -0.2) is 34.7 Å².